The summed E-state index contributed by atoms with van der Waals surface area (Å²) in [6.45, 7) is 11.0. The third-order valence-corrected chi connectivity index (χ3v) is 10.6. The van der Waals surface area contributed by atoms with Gasteiger partial charge in [0.2, 0.25) is 5.91 Å². The van der Waals surface area contributed by atoms with Crippen molar-refractivity contribution in [2.45, 2.75) is 51.4 Å². The van der Waals surface area contributed by atoms with E-state index in [2.05, 4.69) is 54.1 Å². The first-order chi connectivity index (χ1) is 15.0. The van der Waals surface area contributed by atoms with Crippen molar-refractivity contribution in [3.05, 3.63) is 53.7 Å². The van der Waals surface area contributed by atoms with Gasteiger partial charge in [0, 0.05) is 5.56 Å². The van der Waals surface area contributed by atoms with Crippen LogP contribution in [0.2, 0.25) is 23.3 Å². The molecule has 2 aromatic heterocycles. The second-order valence-electron chi connectivity index (χ2n) is 9.16. The Balaban J connectivity index is 1.84. The van der Waals surface area contributed by atoms with Crippen molar-refractivity contribution in [3.63, 3.8) is 0 Å². The Labute approximate surface area is 193 Å². The quantitative estimate of drug-likeness (QED) is 0.403. The molecule has 0 aliphatic carbocycles. The Kier molecular flexibility index (Phi) is 7.11. The molecule has 3 rings (SSSR count). The van der Waals surface area contributed by atoms with Crippen molar-refractivity contribution in [2.24, 2.45) is 0 Å². The molecule has 32 heavy (non-hydrogen) atoms. The maximum absolute atomic E-state index is 12.8. The molecule has 0 radical (unpaired) electrons. The summed E-state index contributed by atoms with van der Waals surface area (Å²) in [6.07, 6.45) is 2.95. The van der Waals surface area contributed by atoms with Crippen molar-refractivity contribution in [1.29, 1.82) is 0 Å². The van der Waals surface area contributed by atoms with Crippen LogP contribution in [0.3, 0.4) is 0 Å². The Hall–Kier alpha value is -2.62. The molecule has 8 nitrogen and oxygen atoms in total. The van der Waals surface area contributed by atoms with E-state index in [0.717, 1.165) is 0 Å². The van der Waals surface area contributed by atoms with Crippen LogP contribution in [0.15, 0.2) is 43.0 Å². The minimum Gasteiger partial charge on any atom is -0.415 e. The summed E-state index contributed by atoms with van der Waals surface area (Å²) < 4.78 is 8.16. The zero-order valence-electron chi connectivity index (χ0n) is 18.9. The number of hydrogen-bond donors (Lipinski definition) is 1. The zero-order valence-corrected chi connectivity index (χ0v) is 20.7. The third kappa shape index (κ3) is 5.40. The van der Waals surface area contributed by atoms with Crippen molar-refractivity contribution in [1.82, 2.24) is 24.8 Å². The summed E-state index contributed by atoms with van der Waals surface area (Å²) in [4.78, 5) is 37.8. The third-order valence-electron chi connectivity index (χ3n) is 5.86. The second kappa shape index (κ2) is 9.48. The molecule has 3 aromatic rings. The van der Waals surface area contributed by atoms with Crippen molar-refractivity contribution in [3.8, 4) is 0 Å². The van der Waals surface area contributed by atoms with Gasteiger partial charge in [0.15, 0.2) is 19.1 Å². The Bertz CT molecular complexity index is 1110. The van der Waals surface area contributed by atoms with Crippen LogP contribution in [0.5, 0.6) is 0 Å². The smallest absolute Gasteiger partial charge is 0.257 e. The molecule has 10 heteroatoms. The number of nitrogens with zero attached hydrogens (tertiary/aromatic N) is 4. The highest BCUT2D eigenvalue weighted by Gasteiger charge is 2.38. The molecule has 2 amide bonds. The number of carbonyl (C=O) groups excluding carboxylic acids is 2. The SMILES string of the molecule is CC(C)(C)[Si](C)(C)OC[C@@H](CC(=O)NC(=O)c1ccccc1)n1cnc2c(Cl)ncnc21. The predicted molar refractivity (Wildman–Crippen MR) is 126 cm³/mol. The number of benzene rings is 1. The molecule has 0 saturated carbocycles. The highest BCUT2D eigenvalue weighted by atomic mass is 35.5. The fraction of sp³-hybridized carbons (Fsp3) is 0.409. The van der Waals surface area contributed by atoms with Gasteiger partial charge in [0.05, 0.1) is 25.4 Å². The number of halogens is 1. The van der Waals surface area contributed by atoms with E-state index in [9.17, 15) is 9.59 Å². The average Bonchev–Trinajstić information content (AvgIpc) is 3.16. The number of rotatable bonds is 7. The number of fused-ring (bicyclic) bond motifs is 1. The zero-order chi connectivity index (χ0) is 23.5. The van der Waals surface area contributed by atoms with Gasteiger partial charge >= 0.3 is 0 Å². The number of amides is 2. The van der Waals surface area contributed by atoms with Crippen LogP contribution in [-0.2, 0) is 9.22 Å². The van der Waals surface area contributed by atoms with Gasteiger partial charge in [-0.1, -0.05) is 50.6 Å². The fourth-order valence-electron chi connectivity index (χ4n) is 2.90. The van der Waals surface area contributed by atoms with Gasteiger partial charge in [-0.3, -0.25) is 14.9 Å². The molecule has 1 N–H and O–H groups in total. The molecule has 0 spiro atoms. The topological polar surface area (TPSA) is 99.0 Å². The van der Waals surface area contributed by atoms with E-state index >= 15 is 0 Å². The van der Waals surface area contributed by atoms with Gasteiger partial charge in [0.1, 0.15) is 11.8 Å². The molecule has 1 aromatic carbocycles. The maximum atomic E-state index is 12.8. The average molecular weight is 474 g/mol. The Morgan fingerprint density at radius 2 is 1.84 bits per heavy atom. The van der Waals surface area contributed by atoms with Crippen LogP contribution < -0.4 is 5.32 Å². The van der Waals surface area contributed by atoms with E-state index in [1.54, 1.807) is 35.2 Å². The predicted octanol–water partition coefficient (Wildman–Crippen LogP) is 4.39. The highest BCUT2D eigenvalue weighted by molar-refractivity contribution is 6.74. The molecule has 0 aliphatic rings. The lowest BCUT2D eigenvalue weighted by molar-refractivity contribution is -0.121. The monoisotopic (exact) mass is 473 g/mol. The lowest BCUT2D eigenvalue weighted by Crippen LogP contribution is -2.42. The van der Waals surface area contributed by atoms with Crippen molar-refractivity contribution < 1.29 is 14.0 Å². The van der Waals surface area contributed by atoms with Crippen LogP contribution in [0.25, 0.3) is 11.2 Å². The van der Waals surface area contributed by atoms with E-state index in [4.69, 9.17) is 16.0 Å². The van der Waals surface area contributed by atoms with Gasteiger partial charge in [0.25, 0.3) is 5.91 Å². The first-order valence-electron chi connectivity index (χ1n) is 10.4. The molecule has 0 aliphatic heterocycles. The summed E-state index contributed by atoms with van der Waals surface area (Å²) in [7, 11) is -2.09. The first-order valence-corrected chi connectivity index (χ1v) is 13.6. The largest absolute Gasteiger partial charge is 0.415 e. The second-order valence-corrected chi connectivity index (χ2v) is 14.3. The highest BCUT2D eigenvalue weighted by Crippen LogP contribution is 2.37. The summed E-state index contributed by atoms with van der Waals surface area (Å²) in [5, 5.41) is 2.70. The molecule has 0 fully saturated rings. The number of hydrogen-bond acceptors (Lipinski definition) is 6. The fourth-order valence-corrected chi connectivity index (χ4v) is 4.12. The van der Waals surface area contributed by atoms with Crippen molar-refractivity contribution in [2.75, 3.05) is 6.61 Å². The van der Waals surface area contributed by atoms with E-state index in [0.29, 0.717) is 16.7 Å². The number of imidazole rings is 1. The van der Waals surface area contributed by atoms with E-state index < -0.39 is 26.2 Å². The lowest BCUT2D eigenvalue weighted by Gasteiger charge is -2.37. The first kappa shape index (κ1) is 24.0. The Morgan fingerprint density at radius 3 is 2.50 bits per heavy atom. The van der Waals surface area contributed by atoms with E-state index in [-0.39, 0.29) is 23.2 Å². The van der Waals surface area contributed by atoms with Gasteiger partial charge in [-0.25, -0.2) is 15.0 Å². The van der Waals surface area contributed by atoms with Crippen LogP contribution in [-0.4, -0.2) is 46.3 Å². The molecule has 0 unspecified atom stereocenters. The molecule has 0 bridgehead atoms. The molecule has 0 saturated heterocycles. The van der Waals surface area contributed by atoms with Crippen LogP contribution in [0.1, 0.15) is 43.6 Å². The normalized spacial score (nSPS) is 13.2. The Morgan fingerprint density at radius 1 is 1.16 bits per heavy atom. The number of aromatic nitrogens is 4. The molecule has 2 heterocycles. The molecule has 170 valence electrons. The van der Waals surface area contributed by atoms with Crippen LogP contribution in [0, 0.1) is 0 Å². The molecular weight excluding hydrogens is 446 g/mol. The van der Waals surface area contributed by atoms with E-state index in [1.807, 2.05) is 6.07 Å². The molecular formula is C22H28ClN5O3Si. The van der Waals surface area contributed by atoms with Gasteiger partial charge in [-0.15, -0.1) is 0 Å². The summed E-state index contributed by atoms with van der Waals surface area (Å²) in [5.41, 5.74) is 1.38. The van der Waals surface area contributed by atoms with Crippen LogP contribution in [0.4, 0.5) is 0 Å². The van der Waals surface area contributed by atoms with Gasteiger partial charge < -0.3 is 8.99 Å². The van der Waals surface area contributed by atoms with Gasteiger partial charge in [-0.2, -0.15) is 0 Å². The summed E-state index contributed by atoms with van der Waals surface area (Å²) >= 11 is 6.15. The summed E-state index contributed by atoms with van der Waals surface area (Å²) in [5.74, 6) is -0.856. The number of imide groups is 1. The minimum absolute atomic E-state index is 0.00552. The van der Waals surface area contributed by atoms with Crippen molar-refractivity contribution >= 4 is 42.9 Å². The number of nitrogens with one attached hydrogen (secondary N) is 1. The number of carbonyl (C=O) groups is 2. The standard InChI is InChI=1S/C22H28ClN5O3Si/c1-22(2,3)32(4,5)31-12-16(28-14-26-18-19(23)24-13-25-20(18)28)11-17(29)27-21(30)15-9-7-6-8-10-15/h6-10,13-14,16H,11-12H2,1-5H3,(H,27,29,30)/t16-/m1/s1. The summed E-state index contributed by atoms with van der Waals surface area (Å²) in [6, 6.07) is 8.19. The lowest BCUT2D eigenvalue weighted by atomic mass is 10.2. The minimum atomic E-state index is -2.09. The molecule has 1 atom stereocenters. The van der Waals surface area contributed by atoms with Crippen LogP contribution >= 0.6 is 11.6 Å². The van der Waals surface area contributed by atoms with Gasteiger partial charge in [-0.05, 0) is 30.3 Å². The van der Waals surface area contributed by atoms with E-state index in [1.165, 1.54) is 6.33 Å². The maximum Gasteiger partial charge on any atom is 0.257 e.